The highest BCUT2D eigenvalue weighted by Crippen LogP contribution is 2.54. The van der Waals surface area contributed by atoms with E-state index < -0.39 is 24.3 Å². The first kappa shape index (κ1) is 44.9. The average Bonchev–Trinajstić information content (AvgIpc) is 4.19. The Morgan fingerprint density at radius 3 is 1.91 bits per heavy atom. The van der Waals surface area contributed by atoms with Gasteiger partial charge in [0.05, 0.1) is 54.9 Å². The predicted molar refractivity (Wildman–Crippen MR) is 251 cm³/mol. The molecule has 4 amide bonds. The summed E-state index contributed by atoms with van der Waals surface area (Å²) in [5.41, 5.74) is 11.0. The zero-order valence-corrected chi connectivity index (χ0v) is 39.0. The highest BCUT2D eigenvalue weighted by molar-refractivity contribution is 5.88. The van der Waals surface area contributed by atoms with E-state index in [0.717, 1.165) is 83.7 Å². The molecular formula is C51H63N9O6. The van der Waals surface area contributed by atoms with Gasteiger partial charge in [-0.2, -0.15) is 0 Å². The third kappa shape index (κ3) is 8.41. The van der Waals surface area contributed by atoms with Crippen molar-refractivity contribution < 1.29 is 28.7 Å². The van der Waals surface area contributed by atoms with E-state index in [9.17, 15) is 19.2 Å². The van der Waals surface area contributed by atoms with Gasteiger partial charge >= 0.3 is 12.2 Å². The summed E-state index contributed by atoms with van der Waals surface area (Å²) in [6.07, 6.45) is 13.9. The molecule has 5 aromatic rings. The number of H-pyrrole nitrogens is 2. The van der Waals surface area contributed by atoms with E-state index in [1.54, 1.807) is 0 Å². The van der Waals surface area contributed by atoms with Crippen molar-refractivity contribution in [2.45, 2.75) is 128 Å². The van der Waals surface area contributed by atoms with Crippen molar-refractivity contribution in [2.75, 3.05) is 27.3 Å². The maximum Gasteiger partial charge on any atom is 0.407 e. The molecule has 4 atom stereocenters. The second kappa shape index (κ2) is 18.6. The number of carbonyl (C=O) groups excluding carboxylic acids is 4. The molecule has 4 aliphatic rings. The van der Waals surface area contributed by atoms with Crippen LogP contribution in [-0.2, 0) is 30.9 Å². The van der Waals surface area contributed by atoms with E-state index in [2.05, 4.69) is 63.1 Å². The number of carbonyl (C=O) groups is 4. The molecule has 2 saturated heterocycles. The molecule has 9 rings (SSSR count). The molecule has 4 unspecified atom stereocenters. The van der Waals surface area contributed by atoms with Gasteiger partial charge in [-0.3, -0.25) is 14.6 Å². The maximum absolute atomic E-state index is 13.9. The Kier molecular flexibility index (Phi) is 12.6. The normalized spacial score (nSPS) is 19.9. The van der Waals surface area contributed by atoms with Crippen molar-refractivity contribution in [3.8, 4) is 33.6 Å². The van der Waals surface area contributed by atoms with Gasteiger partial charge in [-0.05, 0) is 122 Å². The molecule has 0 radical (unpaired) electrons. The second-order valence-corrected chi connectivity index (χ2v) is 19.4. The monoisotopic (exact) mass is 897 g/mol. The number of hydrogen-bond acceptors (Lipinski definition) is 9. The lowest BCUT2D eigenvalue weighted by Gasteiger charge is -2.39. The van der Waals surface area contributed by atoms with E-state index >= 15 is 0 Å². The topological polar surface area (TPSA) is 188 Å². The molecule has 15 heteroatoms. The lowest BCUT2D eigenvalue weighted by Crippen LogP contribution is -2.51. The smallest absolute Gasteiger partial charge is 0.407 e. The fraction of sp³-hybridized carbons (Fsp3) is 0.510. The average molecular weight is 898 g/mol. The van der Waals surface area contributed by atoms with Crippen LogP contribution in [0.2, 0.25) is 0 Å². The van der Waals surface area contributed by atoms with Crippen molar-refractivity contribution >= 4 is 35.0 Å². The number of pyridine rings is 1. The zero-order chi connectivity index (χ0) is 46.3. The minimum absolute atomic E-state index is 0.110. The first-order valence-electron chi connectivity index (χ1n) is 23.9. The van der Waals surface area contributed by atoms with Crippen LogP contribution in [0, 0.1) is 11.8 Å². The quantitative estimate of drug-likeness (QED) is 0.100. The number of nitrogens with one attached hydrogen (secondary N) is 4. The van der Waals surface area contributed by atoms with Crippen LogP contribution in [0.5, 0.6) is 0 Å². The van der Waals surface area contributed by atoms with Gasteiger partial charge in [0.1, 0.15) is 23.7 Å². The number of ether oxygens (including phenoxy) is 2. The third-order valence-corrected chi connectivity index (χ3v) is 14.7. The van der Waals surface area contributed by atoms with Gasteiger partial charge in [0.15, 0.2) is 0 Å². The predicted octanol–water partition coefficient (Wildman–Crippen LogP) is 8.92. The number of amides is 4. The first-order valence-corrected chi connectivity index (χ1v) is 23.9. The van der Waals surface area contributed by atoms with Crippen molar-refractivity contribution in [3.05, 3.63) is 77.6 Å². The van der Waals surface area contributed by atoms with Gasteiger partial charge in [0.2, 0.25) is 11.8 Å². The molecule has 1 saturated carbocycles. The Balaban J connectivity index is 0.987. The number of imidazole rings is 2. The van der Waals surface area contributed by atoms with Crippen LogP contribution in [0.25, 0.3) is 44.7 Å². The molecule has 15 nitrogen and oxygen atoms in total. The molecule has 66 heavy (non-hydrogen) atoms. The van der Waals surface area contributed by atoms with E-state index in [-0.39, 0.29) is 41.1 Å². The summed E-state index contributed by atoms with van der Waals surface area (Å²) in [5.74, 6) is 0.998. The summed E-state index contributed by atoms with van der Waals surface area (Å²) in [6.45, 7) is 8.86. The fourth-order valence-corrected chi connectivity index (χ4v) is 11.4. The summed E-state index contributed by atoms with van der Waals surface area (Å²) in [7, 11) is 2.61. The minimum Gasteiger partial charge on any atom is -0.453 e. The summed E-state index contributed by atoms with van der Waals surface area (Å²) in [4.78, 5) is 77.5. The van der Waals surface area contributed by atoms with E-state index in [0.29, 0.717) is 13.1 Å². The van der Waals surface area contributed by atoms with E-state index in [1.807, 2.05) is 49.9 Å². The molecule has 0 bridgehead atoms. The number of hydrogen-bond donors (Lipinski definition) is 4. The molecule has 3 fully saturated rings. The fourth-order valence-electron chi connectivity index (χ4n) is 11.4. The Hall–Kier alpha value is -6.25. The van der Waals surface area contributed by atoms with Crippen LogP contribution < -0.4 is 10.6 Å². The SMILES string of the molecule is COC(=O)NC(C(=O)N1CCCC1c1ncc(-c2ccc(-c3ccc(-c4ccc5nc(C6CCCN6C(=O)C(NC(=O)OC)C(C)C)[nH]c5c4)c4c3CCCC43CCCC3)nc2)[nH]1)C(C)C. The van der Waals surface area contributed by atoms with Gasteiger partial charge in [0.25, 0.3) is 0 Å². The maximum atomic E-state index is 13.9. The molecule has 2 aliphatic heterocycles. The minimum atomic E-state index is -0.697. The van der Waals surface area contributed by atoms with Crippen molar-refractivity contribution in [1.82, 2.24) is 45.4 Å². The first-order chi connectivity index (χ1) is 31.9. The molecule has 2 aromatic carbocycles. The Morgan fingerprint density at radius 2 is 1.30 bits per heavy atom. The van der Waals surface area contributed by atoms with Crippen molar-refractivity contribution in [3.63, 3.8) is 0 Å². The highest BCUT2D eigenvalue weighted by Gasteiger charge is 2.43. The number of benzene rings is 2. The number of alkyl carbamates (subject to hydrolysis) is 2. The summed E-state index contributed by atoms with van der Waals surface area (Å²) < 4.78 is 9.64. The largest absolute Gasteiger partial charge is 0.453 e. The van der Waals surface area contributed by atoms with Crippen LogP contribution in [0.4, 0.5) is 9.59 Å². The summed E-state index contributed by atoms with van der Waals surface area (Å²) in [6, 6.07) is 13.4. The Labute approximate surface area is 386 Å². The number of nitrogens with zero attached hydrogens (tertiary/aromatic N) is 5. The second-order valence-electron chi connectivity index (χ2n) is 19.4. The standard InChI is InChI=1S/C51H63N9O6/c1-29(2)43(57-49(63)65-5)47(61)59-24-10-13-40(59)45-53-28-39(56-45)32-16-19-36(52-27-32)34-18-17-33(42-35(34)12-9-23-51(42)21-7-8-22-51)31-15-20-37-38(26-31)55-46(54-37)41-14-11-25-60(41)48(62)44(30(3)4)58-50(64)66-6/h15-20,26-30,40-41,43-44H,7-14,21-25H2,1-6H3,(H,53,56)(H,54,55)(H,57,63)(H,58,64). The Bertz CT molecular complexity index is 2610. The molecule has 348 valence electrons. The zero-order valence-electron chi connectivity index (χ0n) is 39.0. The number of fused-ring (bicyclic) bond motifs is 3. The van der Waals surface area contributed by atoms with Crippen LogP contribution in [0.15, 0.2) is 54.9 Å². The van der Waals surface area contributed by atoms with Gasteiger partial charge in [-0.1, -0.05) is 58.7 Å². The molecule has 1 spiro atoms. The van der Waals surface area contributed by atoms with Gasteiger partial charge in [-0.15, -0.1) is 0 Å². The van der Waals surface area contributed by atoms with Gasteiger partial charge < -0.3 is 39.9 Å². The number of rotatable bonds is 11. The van der Waals surface area contributed by atoms with E-state index in [4.69, 9.17) is 24.4 Å². The molecule has 2 aliphatic carbocycles. The molecule has 3 aromatic heterocycles. The van der Waals surface area contributed by atoms with Crippen LogP contribution >= 0.6 is 0 Å². The lowest BCUT2D eigenvalue weighted by molar-refractivity contribution is -0.136. The van der Waals surface area contributed by atoms with Crippen molar-refractivity contribution in [1.29, 1.82) is 0 Å². The van der Waals surface area contributed by atoms with E-state index in [1.165, 1.54) is 68.6 Å². The molecule has 5 heterocycles. The Morgan fingerprint density at radius 1 is 0.697 bits per heavy atom. The number of aromatic nitrogens is 5. The highest BCUT2D eigenvalue weighted by atomic mass is 16.5. The van der Waals surface area contributed by atoms with Crippen molar-refractivity contribution in [2.24, 2.45) is 11.8 Å². The number of likely N-dealkylation sites (tertiary alicyclic amines) is 2. The van der Waals surface area contributed by atoms with Gasteiger partial charge in [0, 0.05) is 30.4 Å². The molecule has 4 N–H and O–H groups in total. The number of aromatic amines is 2. The molecular weight excluding hydrogens is 835 g/mol. The van der Waals surface area contributed by atoms with Crippen LogP contribution in [-0.4, -0.2) is 98.1 Å². The summed E-state index contributed by atoms with van der Waals surface area (Å²) >= 11 is 0. The van der Waals surface area contributed by atoms with Crippen LogP contribution in [0.1, 0.15) is 127 Å². The summed E-state index contributed by atoms with van der Waals surface area (Å²) in [5, 5.41) is 5.47. The van der Waals surface area contributed by atoms with Crippen LogP contribution in [0.3, 0.4) is 0 Å². The number of methoxy groups -OCH3 is 2. The lowest BCUT2D eigenvalue weighted by atomic mass is 9.65. The third-order valence-electron chi connectivity index (χ3n) is 14.7. The van der Waals surface area contributed by atoms with Gasteiger partial charge in [-0.25, -0.2) is 19.6 Å².